The van der Waals surface area contributed by atoms with Gasteiger partial charge in [-0.3, -0.25) is 9.80 Å². The molecule has 0 saturated carbocycles. The van der Waals surface area contributed by atoms with E-state index in [2.05, 4.69) is 40.1 Å². The van der Waals surface area contributed by atoms with Gasteiger partial charge in [-0.2, -0.15) is 5.26 Å². The first kappa shape index (κ1) is 16.1. The monoisotopic (exact) mass is 333 g/mol. The van der Waals surface area contributed by atoms with E-state index in [1.165, 1.54) is 11.1 Å². The van der Waals surface area contributed by atoms with Crippen LogP contribution >= 0.6 is 0 Å². The first-order chi connectivity index (χ1) is 12.3. The van der Waals surface area contributed by atoms with E-state index in [-0.39, 0.29) is 0 Å². The van der Waals surface area contributed by atoms with E-state index in [0.717, 1.165) is 69.2 Å². The molecule has 4 heteroatoms. The molecule has 4 nitrogen and oxygen atoms in total. The fourth-order valence-corrected chi connectivity index (χ4v) is 3.71. The van der Waals surface area contributed by atoms with Gasteiger partial charge in [-0.25, -0.2) is 0 Å². The topological polar surface area (TPSA) is 39.5 Å². The molecule has 2 heterocycles. The summed E-state index contributed by atoms with van der Waals surface area (Å²) < 4.78 is 5.59. The highest BCUT2D eigenvalue weighted by Gasteiger charge is 2.19. The van der Waals surface area contributed by atoms with E-state index in [4.69, 9.17) is 4.74 Å². The van der Waals surface area contributed by atoms with Gasteiger partial charge in [0.1, 0.15) is 5.75 Å². The van der Waals surface area contributed by atoms with Crippen molar-refractivity contribution in [2.75, 3.05) is 32.8 Å². The molecule has 0 atom stereocenters. The summed E-state index contributed by atoms with van der Waals surface area (Å²) >= 11 is 0. The second kappa shape index (κ2) is 7.26. The minimum Gasteiger partial charge on any atom is -0.493 e. The van der Waals surface area contributed by atoms with Crippen LogP contribution in [0.2, 0.25) is 0 Å². The van der Waals surface area contributed by atoms with Crippen LogP contribution in [0.4, 0.5) is 0 Å². The van der Waals surface area contributed by atoms with E-state index in [9.17, 15) is 5.26 Å². The summed E-state index contributed by atoms with van der Waals surface area (Å²) in [7, 11) is 0. The Morgan fingerprint density at radius 3 is 2.52 bits per heavy atom. The van der Waals surface area contributed by atoms with Gasteiger partial charge >= 0.3 is 0 Å². The van der Waals surface area contributed by atoms with Crippen LogP contribution in [0, 0.1) is 11.3 Å². The third-order valence-corrected chi connectivity index (χ3v) is 5.16. The van der Waals surface area contributed by atoms with Gasteiger partial charge in [-0.05, 0) is 28.8 Å². The lowest BCUT2D eigenvalue weighted by Gasteiger charge is -2.35. The summed E-state index contributed by atoms with van der Waals surface area (Å²) in [6, 6.07) is 16.8. The minimum atomic E-state index is 0.797. The molecular weight excluding hydrogens is 310 g/mol. The van der Waals surface area contributed by atoms with Crippen molar-refractivity contribution in [3.63, 3.8) is 0 Å². The van der Waals surface area contributed by atoms with Crippen LogP contribution in [-0.4, -0.2) is 42.6 Å². The van der Waals surface area contributed by atoms with Crippen molar-refractivity contribution in [2.45, 2.75) is 19.5 Å². The second-order valence-corrected chi connectivity index (χ2v) is 6.86. The van der Waals surface area contributed by atoms with Crippen LogP contribution in [0.5, 0.6) is 5.75 Å². The first-order valence-electron chi connectivity index (χ1n) is 8.99. The normalized spacial score (nSPS) is 17.7. The molecule has 1 fully saturated rings. The van der Waals surface area contributed by atoms with Gasteiger partial charge in [0, 0.05) is 45.7 Å². The standard InChI is InChI=1S/C21H23N3O/c22-14-19-3-1-2-4-20(19)16-24-10-8-23(9-11-24)15-17-5-6-21-18(13-17)7-12-25-21/h1-6,13H,7-12,15-16H2. The molecule has 2 aromatic carbocycles. The highest BCUT2D eigenvalue weighted by molar-refractivity contribution is 5.40. The molecule has 128 valence electrons. The van der Waals surface area contributed by atoms with Crippen molar-refractivity contribution in [1.82, 2.24) is 9.80 Å². The Morgan fingerprint density at radius 1 is 0.960 bits per heavy atom. The maximum absolute atomic E-state index is 9.24. The van der Waals surface area contributed by atoms with Crippen LogP contribution in [0.25, 0.3) is 0 Å². The molecule has 1 saturated heterocycles. The smallest absolute Gasteiger partial charge is 0.122 e. The van der Waals surface area contributed by atoms with E-state index in [1.807, 2.05) is 18.2 Å². The predicted octanol–water partition coefficient (Wildman–Crippen LogP) is 2.81. The number of fused-ring (bicyclic) bond motifs is 1. The molecule has 4 rings (SSSR count). The lowest BCUT2D eigenvalue weighted by atomic mass is 10.1. The van der Waals surface area contributed by atoms with E-state index in [1.54, 1.807) is 0 Å². The number of nitrogens with zero attached hydrogens (tertiary/aromatic N) is 3. The SMILES string of the molecule is N#Cc1ccccc1CN1CCN(Cc2ccc3c(c2)CCO3)CC1. The van der Waals surface area contributed by atoms with Gasteiger partial charge in [0.05, 0.1) is 18.2 Å². The van der Waals surface area contributed by atoms with Crippen molar-refractivity contribution in [3.05, 3.63) is 64.7 Å². The average molecular weight is 333 g/mol. The van der Waals surface area contributed by atoms with Crippen LogP contribution in [0.15, 0.2) is 42.5 Å². The Hall–Kier alpha value is -2.35. The Labute approximate surface area is 149 Å². The largest absolute Gasteiger partial charge is 0.493 e. The molecule has 25 heavy (non-hydrogen) atoms. The minimum absolute atomic E-state index is 0.797. The van der Waals surface area contributed by atoms with Gasteiger partial charge in [-0.1, -0.05) is 30.3 Å². The zero-order valence-electron chi connectivity index (χ0n) is 14.4. The maximum Gasteiger partial charge on any atom is 0.122 e. The van der Waals surface area contributed by atoms with Gasteiger partial charge in [0.15, 0.2) is 0 Å². The molecule has 2 aliphatic heterocycles. The molecule has 0 radical (unpaired) electrons. The molecule has 0 N–H and O–H groups in total. The first-order valence-corrected chi connectivity index (χ1v) is 8.99. The van der Waals surface area contributed by atoms with E-state index >= 15 is 0 Å². The van der Waals surface area contributed by atoms with Crippen LogP contribution < -0.4 is 4.74 Å². The molecular formula is C21H23N3O. The number of ether oxygens (including phenoxy) is 1. The Bertz CT molecular complexity index is 788. The summed E-state index contributed by atoms with van der Waals surface area (Å²) in [6.45, 7) is 6.94. The predicted molar refractivity (Wildman–Crippen MR) is 97.4 cm³/mol. The van der Waals surface area contributed by atoms with Gasteiger partial charge in [0.25, 0.3) is 0 Å². The van der Waals surface area contributed by atoms with Crippen molar-refractivity contribution in [3.8, 4) is 11.8 Å². The van der Waals surface area contributed by atoms with Gasteiger partial charge in [-0.15, -0.1) is 0 Å². The van der Waals surface area contributed by atoms with Crippen molar-refractivity contribution < 1.29 is 4.74 Å². The molecule has 0 unspecified atom stereocenters. The summed E-state index contributed by atoms with van der Waals surface area (Å²) in [4.78, 5) is 4.97. The van der Waals surface area contributed by atoms with Gasteiger partial charge in [0.2, 0.25) is 0 Å². The van der Waals surface area contributed by atoms with E-state index in [0.29, 0.717) is 0 Å². The summed E-state index contributed by atoms with van der Waals surface area (Å²) in [5.41, 5.74) is 4.67. The van der Waals surface area contributed by atoms with E-state index < -0.39 is 0 Å². The molecule has 0 spiro atoms. The third kappa shape index (κ3) is 3.68. The molecule has 0 bridgehead atoms. The number of nitriles is 1. The number of hydrogen-bond acceptors (Lipinski definition) is 4. The third-order valence-electron chi connectivity index (χ3n) is 5.16. The Morgan fingerprint density at radius 2 is 1.72 bits per heavy atom. The Kier molecular flexibility index (Phi) is 4.69. The lowest BCUT2D eigenvalue weighted by molar-refractivity contribution is 0.122. The second-order valence-electron chi connectivity index (χ2n) is 6.86. The average Bonchev–Trinajstić information content (AvgIpc) is 3.12. The number of piperazine rings is 1. The maximum atomic E-state index is 9.24. The lowest BCUT2D eigenvalue weighted by Crippen LogP contribution is -2.45. The Balaban J connectivity index is 1.32. The summed E-state index contributed by atoms with van der Waals surface area (Å²) in [5, 5.41) is 9.24. The van der Waals surface area contributed by atoms with Crippen LogP contribution in [-0.2, 0) is 19.5 Å². The van der Waals surface area contributed by atoms with Crippen molar-refractivity contribution in [1.29, 1.82) is 5.26 Å². The highest BCUT2D eigenvalue weighted by Crippen LogP contribution is 2.26. The highest BCUT2D eigenvalue weighted by atomic mass is 16.5. The van der Waals surface area contributed by atoms with Crippen molar-refractivity contribution >= 4 is 0 Å². The quantitative estimate of drug-likeness (QED) is 0.862. The van der Waals surface area contributed by atoms with Crippen LogP contribution in [0.1, 0.15) is 22.3 Å². The molecule has 0 aromatic heterocycles. The molecule has 2 aliphatic rings. The molecule has 0 aliphatic carbocycles. The summed E-state index contributed by atoms with van der Waals surface area (Å²) in [6.07, 6.45) is 1.04. The number of benzene rings is 2. The number of rotatable bonds is 4. The zero-order chi connectivity index (χ0) is 17.1. The fraction of sp³-hybridized carbons (Fsp3) is 0.381. The molecule has 0 amide bonds. The number of hydrogen-bond donors (Lipinski definition) is 0. The fourth-order valence-electron chi connectivity index (χ4n) is 3.71. The zero-order valence-corrected chi connectivity index (χ0v) is 14.4. The van der Waals surface area contributed by atoms with Crippen LogP contribution in [0.3, 0.4) is 0 Å². The van der Waals surface area contributed by atoms with Gasteiger partial charge < -0.3 is 4.74 Å². The summed E-state index contributed by atoms with van der Waals surface area (Å²) in [5.74, 6) is 1.06. The van der Waals surface area contributed by atoms with Crippen molar-refractivity contribution in [2.24, 2.45) is 0 Å². The molecule has 2 aromatic rings.